The lowest BCUT2D eigenvalue weighted by Crippen LogP contribution is -2.25. The number of benzene rings is 2. The minimum Gasteiger partial charge on any atom is -0.454 e. The first-order chi connectivity index (χ1) is 11.8. The number of rotatable bonds is 7. The van der Waals surface area contributed by atoms with E-state index in [9.17, 15) is 18.0 Å². The van der Waals surface area contributed by atoms with Crippen molar-refractivity contribution in [3.63, 3.8) is 0 Å². The molecule has 6 heteroatoms. The lowest BCUT2D eigenvalue weighted by Gasteiger charge is -2.12. The Morgan fingerprint density at radius 3 is 2.20 bits per heavy atom. The van der Waals surface area contributed by atoms with Crippen molar-refractivity contribution >= 4 is 21.6 Å². The van der Waals surface area contributed by atoms with Gasteiger partial charge in [-0.3, -0.25) is 9.59 Å². The summed E-state index contributed by atoms with van der Waals surface area (Å²) in [7, 11) is -3.55. The van der Waals surface area contributed by atoms with Crippen LogP contribution in [0.1, 0.15) is 29.3 Å². The molecule has 132 valence electrons. The highest BCUT2D eigenvalue weighted by molar-refractivity contribution is 7.91. The quantitative estimate of drug-likeness (QED) is 0.560. The number of esters is 1. The SMILES string of the molecule is Cc1ccc(C(=O)[C@@H](C)OC(=O)CCS(=O)(=O)c2ccccc2)cc1. The van der Waals surface area contributed by atoms with Gasteiger partial charge >= 0.3 is 5.97 Å². The molecule has 0 aromatic heterocycles. The average Bonchev–Trinajstić information content (AvgIpc) is 2.61. The van der Waals surface area contributed by atoms with Crippen LogP contribution in [-0.2, 0) is 19.4 Å². The monoisotopic (exact) mass is 360 g/mol. The summed E-state index contributed by atoms with van der Waals surface area (Å²) in [5.74, 6) is -1.40. The fourth-order valence-corrected chi connectivity index (χ4v) is 3.47. The Kier molecular flexibility index (Phi) is 6.09. The number of ether oxygens (including phenoxy) is 1. The fraction of sp³-hybridized carbons (Fsp3) is 0.263. The lowest BCUT2D eigenvalue weighted by atomic mass is 10.1. The van der Waals surface area contributed by atoms with Crippen LogP contribution in [0.4, 0.5) is 0 Å². The van der Waals surface area contributed by atoms with E-state index >= 15 is 0 Å². The summed E-state index contributed by atoms with van der Waals surface area (Å²) >= 11 is 0. The van der Waals surface area contributed by atoms with Crippen LogP contribution in [0.5, 0.6) is 0 Å². The smallest absolute Gasteiger partial charge is 0.307 e. The van der Waals surface area contributed by atoms with Gasteiger partial charge in [0.25, 0.3) is 0 Å². The van der Waals surface area contributed by atoms with Crippen LogP contribution in [0.3, 0.4) is 0 Å². The Morgan fingerprint density at radius 2 is 1.60 bits per heavy atom. The molecule has 2 rings (SSSR count). The molecule has 0 saturated carbocycles. The second-order valence-corrected chi connectivity index (χ2v) is 7.85. The summed E-state index contributed by atoms with van der Waals surface area (Å²) < 4.78 is 29.3. The minimum absolute atomic E-state index is 0.159. The molecular weight excluding hydrogens is 340 g/mol. The molecule has 0 spiro atoms. The Hall–Kier alpha value is -2.47. The summed E-state index contributed by atoms with van der Waals surface area (Å²) in [6.45, 7) is 3.39. The molecule has 0 unspecified atom stereocenters. The zero-order chi connectivity index (χ0) is 18.4. The highest BCUT2D eigenvalue weighted by atomic mass is 32.2. The first-order valence-corrected chi connectivity index (χ1v) is 9.53. The molecule has 25 heavy (non-hydrogen) atoms. The van der Waals surface area contributed by atoms with E-state index in [1.165, 1.54) is 19.1 Å². The Bertz CT molecular complexity index is 839. The molecule has 0 bridgehead atoms. The van der Waals surface area contributed by atoms with Crippen molar-refractivity contribution < 1.29 is 22.7 Å². The average molecular weight is 360 g/mol. The molecule has 0 aliphatic heterocycles. The molecule has 0 fully saturated rings. The maximum Gasteiger partial charge on any atom is 0.307 e. The third-order valence-electron chi connectivity index (χ3n) is 3.69. The van der Waals surface area contributed by atoms with Gasteiger partial charge in [-0.25, -0.2) is 8.42 Å². The van der Waals surface area contributed by atoms with Crippen LogP contribution in [0.15, 0.2) is 59.5 Å². The number of hydrogen-bond donors (Lipinski definition) is 0. The third kappa shape index (κ3) is 5.26. The van der Waals surface area contributed by atoms with Crippen LogP contribution >= 0.6 is 0 Å². The van der Waals surface area contributed by atoms with Gasteiger partial charge in [0.1, 0.15) is 0 Å². The van der Waals surface area contributed by atoms with Crippen LogP contribution < -0.4 is 0 Å². The van der Waals surface area contributed by atoms with Gasteiger partial charge < -0.3 is 4.74 Å². The predicted molar refractivity (Wildman–Crippen MR) is 94.2 cm³/mol. The van der Waals surface area contributed by atoms with Gasteiger partial charge in [0.15, 0.2) is 15.9 Å². The summed E-state index contributed by atoms with van der Waals surface area (Å²) in [6.07, 6.45) is -1.27. The van der Waals surface area contributed by atoms with E-state index < -0.39 is 21.9 Å². The maximum atomic E-state index is 12.2. The van der Waals surface area contributed by atoms with Gasteiger partial charge in [-0.15, -0.1) is 0 Å². The number of hydrogen-bond acceptors (Lipinski definition) is 5. The second kappa shape index (κ2) is 8.07. The van der Waals surface area contributed by atoms with E-state index in [2.05, 4.69) is 0 Å². The molecule has 0 aliphatic rings. The third-order valence-corrected chi connectivity index (χ3v) is 5.42. The van der Waals surface area contributed by atoms with Crippen LogP contribution in [0.25, 0.3) is 0 Å². The molecule has 0 N–H and O–H groups in total. The van der Waals surface area contributed by atoms with Gasteiger partial charge in [-0.2, -0.15) is 0 Å². The largest absolute Gasteiger partial charge is 0.454 e. The van der Waals surface area contributed by atoms with Crippen molar-refractivity contribution in [2.45, 2.75) is 31.3 Å². The molecule has 0 aliphatic carbocycles. The zero-order valence-corrected chi connectivity index (χ0v) is 15.0. The number of aryl methyl sites for hydroxylation is 1. The molecule has 1 atom stereocenters. The van der Waals surface area contributed by atoms with E-state index in [4.69, 9.17) is 4.74 Å². The zero-order valence-electron chi connectivity index (χ0n) is 14.1. The second-order valence-electron chi connectivity index (χ2n) is 5.74. The maximum absolute atomic E-state index is 12.2. The van der Waals surface area contributed by atoms with Crippen molar-refractivity contribution in [1.82, 2.24) is 0 Å². The summed E-state index contributed by atoms with van der Waals surface area (Å²) in [5.41, 5.74) is 1.47. The van der Waals surface area contributed by atoms with Crippen molar-refractivity contribution in [3.05, 3.63) is 65.7 Å². The van der Waals surface area contributed by atoms with E-state index in [0.29, 0.717) is 5.56 Å². The Balaban J connectivity index is 1.91. The number of carbonyl (C=O) groups is 2. The van der Waals surface area contributed by atoms with Crippen molar-refractivity contribution in [2.24, 2.45) is 0 Å². The number of ketones is 1. The number of sulfone groups is 1. The highest BCUT2D eigenvalue weighted by Gasteiger charge is 2.21. The fourth-order valence-electron chi connectivity index (χ4n) is 2.23. The molecule has 5 nitrogen and oxygen atoms in total. The Morgan fingerprint density at radius 1 is 1.00 bits per heavy atom. The van der Waals surface area contributed by atoms with Gasteiger partial charge in [0, 0.05) is 5.56 Å². The highest BCUT2D eigenvalue weighted by Crippen LogP contribution is 2.13. The van der Waals surface area contributed by atoms with Gasteiger partial charge in [-0.05, 0) is 26.0 Å². The normalized spacial score (nSPS) is 12.4. The summed E-state index contributed by atoms with van der Waals surface area (Å²) in [4.78, 5) is 24.3. The van der Waals surface area contributed by atoms with Crippen molar-refractivity contribution in [1.29, 1.82) is 0 Å². The molecule has 2 aromatic carbocycles. The van der Waals surface area contributed by atoms with Crippen molar-refractivity contribution in [2.75, 3.05) is 5.75 Å². The van der Waals surface area contributed by atoms with E-state index in [-0.39, 0.29) is 22.9 Å². The topological polar surface area (TPSA) is 77.5 Å². The first kappa shape index (κ1) is 18.9. The van der Waals surface area contributed by atoms with E-state index in [1.54, 1.807) is 42.5 Å². The Labute approximate surface area is 147 Å². The van der Waals surface area contributed by atoms with Crippen molar-refractivity contribution in [3.8, 4) is 0 Å². The predicted octanol–water partition coefficient (Wildman–Crippen LogP) is 2.97. The van der Waals surface area contributed by atoms with Gasteiger partial charge in [0.2, 0.25) is 5.78 Å². The standard InChI is InChI=1S/C19H20O5S/c1-14-8-10-16(11-9-14)19(21)15(2)24-18(20)12-13-25(22,23)17-6-4-3-5-7-17/h3-11,15H,12-13H2,1-2H3/t15-/m1/s1. The van der Waals surface area contributed by atoms with Crippen LogP contribution in [-0.4, -0.2) is 32.0 Å². The summed E-state index contributed by atoms with van der Waals surface area (Å²) in [5, 5.41) is 0. The van der Waals surface area contributed by atoms with Crippen LogP contribution in [0.2, 0.25) is 0 Å². The van der Waals surface area contributed by atoms with E-state index in [0.717, 1.165) is 5.56 Å². The molecule has 0 amide bonds. The van der Waals surface area contributed by atoms with Crippen LogP contribution in [0, 0.1) is 6.92 Å². The molecule has 0 radical (unpaired) electrons. The molecule has 0 saturated heterocycles. The molecule has 2 aromatic rings. The molecular formula is C19H20O5S. The lowest BCUT2D eigenvalue weighted by molar-refractivity contribution is -0.145. The number of Topliss-reactive ketones (excluding diaryl/α,β-unsaturated/α-hetero) is 1. The minimum atomic E-state index is -3.55. The van der Waals surface area contributed by atoms with E-state index in [1.807, 2.05) is 6.92 Å². The molecule has 0 heterocycles. The van der Waals surface area contributed by atoms with Gasteiger partial charge in [-0.1, -0.05) is 48.0 Å². The first-order valence-electron chi connectivity index (χ1n) is 7.88. The summed E-state index contributed by atoms with van der Waals surface area (Å²) in [6, 6.07) is 14.8. The number of carbonyl (C=O) groups excluding carboxylic acids is 2. The van der Waals surface area contributed by atoms with Gasteiger partial charge in [0.05, 0.1) is 17.1 Å².